The number of nitrogens with one attached hydrogen (secondary N) is 2. The summed E-state index contributed by atoms with van der Waals surface area (Å²) in [7, 11) is 0. The SMILES string of the molecule is CC(C)c1cc(=O)[nH]c2cc(NC(=O)c3c(F)cccc3F)ccc12. The number of hydrogen-bond acceptors (Lipinski definition) is 2. The van der Waals surface area contributed by atoms with E-state index in [0.29, 0.717) is 11.2 Å². The van der Waals surface area contributed by atoms with Gasteiger partial charge in [0.2, 0.25) is 5.56 Å². The lowest BCUT2D eigenvalue weighted by Crippen LogP contribution is -2.16. The van der Waals surface area contributed by atoms with Crippen LogP contribution in [0.5, 0.6) is 0 Å². The first-order valence-corrected chi connectivity index (χ1v) is 7.79. The Labute approximate surface area is 142 Å². The van der Waals surface area contributed by atoms with Gasteiger partial charge in [-0.2, -0.15) is 0 Å². The predicted molar refractivity (Wildman–Crippen MR) is 93.0 cm³/mol. The zero-order valence-corrected chi connectivity index (χ0v) is 13.7. The van der Waals surface area contributed by atoms with Gasteiger partial charge in [0.05, 0.1) is 5.52 Å². The van der Waals surface area contributed by atoms with E-state index < -0.39 is 23.1 Å². The highest BCUT2D eigenvalue weighted by molar-refractivity contribution is 6.05. The van der Waals surface area contributed by atoms with Crippen LogP contribution in [0, 0.1) is 11.6 Å². The van der Waals surface area contributed by atoms with Gasteiger partial charge in [0.1, 0.15) is 17.2 Å². The summed E-state index contributed by atoms with van der Waals surface area (Å²) < 4.78 is 27.4. The Bertz CT molecular complexity index is 1010. The number of rotatable bonds is 3. The maximum Gasteiger partial charge on any atom is 0.261 e. The molecule has 0 radical (unpaired) electrons. The normalized spacial score (nSPS) is 11.1. The van der Waals surface area contributed by atoms with Crippen LogP contribution in [0.2, 0.25) is 0 Å². The molecular weight excluding hydrogens is 326 g/mol. The van der Waals surface area contributed by atoms with Gasteiger partial charge in [-0.3, -0.25) is 9.59 Å². The second-order valence-corrected chi connectivity index (χ2v) is 6.05. The molecule has 0 saturated heterocycles. The average molecular weight is 342 g/mol. The molecule has 0 aliphatic rings. The molecule has 1 heterocycles. The fourth-order valence-corrected chi connectivity index (χ4v) is 2.75. The molecule has 4 nitrogen and oxygen atoms in total. The number of aromatic amines is 1. The number of H-pyrrole nitrogens is 1. The number of halogens is 2. The van der Waals surface area contributed by atoms with Gasteiger partial charge in [-0.15, -0.1) is 0 Å². The maximum absolute atomic E-state index is 13.7. The van der Waals surface area contributed by atoms with Crippen LogP contribution in [0.25, 0.3) is 10.9 Å². The molecule has 0 saturated carbocycles. The van der Waals surface area contributed by atoms with Gasteiger partial charge >= 0.3 is 0 Å². The monoisotopic (exact) mass is 342 g/mol. The van der Waals surface area contributed by atoms with Crippen molar-refractivity contribution in [1.82, 2.24) is 4.98 Å². The third-order valence-corrected chi connectivity index (χ3v) is 3.94. The molecule has 0 aliphatic carbocycles. The third-order valence-electron chi connectivity index (χ3n) is 3.94. The topological polar surface area (TPSA) is 62.0 Å². The van der Waals surface area contributed by atoms with Crippen LogP contribution >= 0.6 is 0 Å². The van der Waals surface area contributed by atoms with Crippen LogP contribution in [0.15, 0.2) is 47.3 Å². The van der Waals surface area contributed by atoms with Gasteiger partial charge in [-0.25, -0.2) is 8.78 Å². The zero-order valence-electron chi connectivity index (χ0n) is 13.7. The molecule has 25 heavy (non-hydrogen) atoms. The number of anilines is 1. The maximum atomic E-state index is 13.7. The summed E-state index contributed by atoms with van der Waals surface area (Å²) in [5, 5.41) is 3.31. The van der Waals surface area contributed by atoms with Crippen LogP contribution in [-0.4, -0.2) is 10.9 Å². The van der Waals surface area contributed by atoms with Gasteiger partial charge in [0, 0.05) is 17.1 Å². The lowest BCUT2D eigenvalue weighted by atomic mass is 9.99. The summed E-state index contributed by atoms with van der Waals surface area (Å²) in [5.74, 6) is -2.61. The largest absolute Gasteiger partial charge is 0.322 e. The van der Waals surface area contributed by atoms with E-state index in [2.05, 4.69) is 10.3 Å². The summed E-state index contributed by atoms with van der Waals surface area (Å²) in [6, 6.07) is 9.72. The van der Waals surface area contributed by atoms with E-state index in [1.807, 2.05) is 13.8 Å². The molecule has 0 unspecified atom stereocenters. The first-order chi connectivity index (χ1) is 11.9. The van der Waals surface area contributed by atoms with Gasteiger partial charge in [-0.1, -0.05) is 26.0 Å². The smallest absolute Gasteiger partial charge is 0.261 e. The van der Waals surface area contributed by atoms with Gasteiger partial charge in [0.25, 0.3) is 5.91 Å². The number of carbonyl (C=O) groups excluding carboxylic acids is 1. The quantitative estimate of drug-likeness (QED) is 0.750. The van der Waals surface area contributed by atoms with Crippen LogP contribution in [0.1, 0.15) is 35.7 Å². The number of pyridine rings is 1. The summed E-state index contributed by atoms with van der Waals surface area (Å²) >= 11 is 0. The van der Waals surface area contributed by atoms with E-state index in [4.69, 9.17) is 0 Å². The third kappa shape index (κ3) is 3.28. The molecule has 128 valence electrons. The minimum Gasteiger partial charge on any atom is -0.322 e. The van der Waals surface area contributed by atoms with E-state index in [1.54, 1.807) is 24.3 Å². The van der Waals surface area contributed by atoms with Crippen molar-refractivity contribution in [2.24, 2.45) is 0 Å². The Kier molecular flexibility index (Phi) is 4.35. The summed E-state index contributed by atoms with van der Waals surface area (Å²) in [4.78, 5) is 26.7. The molecule has 2 aromatic carbocycles. The molecule has 0 spiro atoms. The number of fused-ring (bicyclic) bond motifs is 1. The Morgan fingerprint density at radius 3 is 2.40 bits per heavy atom. The molecule has 0 fully saturated rings. The second-order valence-electron chi connectivity index (χ2n) is 6.05. The standard InChI is InChI=1S/C19H16F2N2O2/c1-10(2)13-9-17(24)23-16-8-11(6-7-12(13)16)22-19(25)18-14(20)4-3-5-15(18)21/h3-10H,1-2H3,(H,22,25)(H,23,24). The van der Waals surface area contributed by atoms with E-state index in [0.717, 1.165) is 23.1 Å². The van der Waals surface area contributed by atoms with Crippen LogP contribution in [0.4, 0.5) is 14.5 Å². The van der Waals surface area contributed by atoms with E-state index in [9.17, 15) is 18.4 Å². The lowest BCUT2D eigenvalue weighted by Gasteiger charge is -2.12. The van der Waals surface area contributed by atoms with Crippen LogP contribution in [0.3, 0.4) is 0 Å². The van der Waals surface area contributed by atoms with Crippen molar-refractivity contribution in [3.8, 4) is 0 Å². The predicted octanol–water partition coefficient (Wildman–Crippen LogP) is 4.18. The zero-order chi connectivity index (χ0) is 18.1. The summed E-state index contributed by atoms with van der Waals surface area (Å²) in [6.07, 6.45) is 0. The average Bonchev–Trinajstić information content (AvgIpc) is 2.53. The van der Waals surface area contributed by atoms with E-state index >= 15 is 0 Å². The van der Waals surface area contributed by atoms with Crippen molar-refractivity contribution in [1.29, 1.82) is 0 Å². The van der Waals surface area contributed by atoms with Gasteiger partial charge < -0.3 is 10.3 Å². The van der Waals surface area contributed by atoms with E-state index in [-0.39, 0.29) is 11.5 Å². The fraction of sp³-hybridized carbons (Fsp3) is 0.158. The molecule has 6 heteroatoms. The molecule has 1 aromatic heterocycles. The molecule has 3 aromatic rings. The number of aromatic nitrogens is 1. The second kappa shape index (κ2) is 6.47. The van der Waals surface area contributed by atoms with Crippen LogP contribution < -0.4 is 10.9 Å². The van der Waals surface area contributed by atoms with Gasteiger partial charge in [-0.05, 0) is 35.7 Å². The molecule has 0 bridgehead atoms. The molecular formula is C19H16F2N2O2. The molecule has 2 N–H and O–H groups in total. The first kappa shape index (κ1) is 16.8. The Morgan fingerprint density at radius 1 is 1.08 bits per heavy atom. The number of hydrogen-bond donors (Lipinski definition) is 2. The number of benzene rings is 2. The van der Waals surface area contributed by atoms with Crippen molar-refractivity contribution in [3.05, 3.63) is 75.6 Å². The first-order valence-electron chi connectivity index (χ1n) is 7.79. The lowest BCUT2D eigenvalue weighted by molar-refractivity contribution is 0.101. The highest BCUT2D eigenvalue weighted by Crippen LogP contribution is 2.25. The van der Waals surface area contributed by atoms with Crippen LogP contribution in [-0.2, 0) is 0 Å². The summed E-state index contributed by atoms with van der Waals surface area (Å²) in [6.45, 7) is 3.95. The molecule has 3 rings (SSSR count). The Hall–Kier alpha value is -3.02. The van der Waals surface area contributed by atoms with Crippen molar-refractivity contribution in [2.75, 3.05) is 5.32 Å². The van der Waals surface area contributed by atoms with Gasteiger partial charge in [0.15, 0.2) is 0 Å². The summed E-state index contributed by atoms with van der Waals surface area (Å²) in [5.41, 5.74) is 0.864. The fourth-order valence-electron chi connectivity index (χ4n) is 2.75. The molecule has 0 aliphatic heterocycles. The van der Waals surface area contributed by atoms with Crippen molar-refractivity contribution in [3.63, 3.8) is 0 Å². The van der Waals surface area contributed by atoms with Crippen molar-refractivity contribution in [2.45, 2.75) is 19.8 Å². The van der Waals surface area contributed by atoms with E-state index in [1.165, 1.54) is 6.07 Å². The minimum absolute atomic E-state index is 0.151. The van der Waals surface area contributed by atoms with Crippen molar-refractivity contribution < 1.29 is 13.6 Å². The minimum atomic E-state index is -0.936. The highest BCUT2D eigenvalue weighted by atomic mass is 19.1. The number of amides is 1. The Balaban J connectivity index is 2.00. The number of carbonyl (C=O) groups is 1. The van der Waals surface area contributed by atoms with Crippen molar-refractivity contribution >= 4 is 22.5 Å². The molecule has 0 atom stereocenters. The molecule has 1 amide bonds. The Morgan fingerprint density at radius 2 is 1.76 bits per heavy atom. The highest BCUT2D eigenvalue weighted by Gasteiger charge is 2.17.